The highest BCUT2D eigenvalue weighted by Crippen LogP contribution is 2.29. The molecule has 0 radical (unpaired) electrons. The molecule has 0 unspecified atom stereocenters. The molecule has 0 atom stereocenters. The van der Waals surface area contributed by atoms with Crippen molar-refractivity contribution in [3.05, 3.63) is 71.0 Å². The highest BCUT2D eigenvalue weighted by molar-refractivity contribution is 5.97. The van der Waals surface area contributed by atoms with Gasteiger partial charge in [0, 0.05) is 28.0 Å². The lowest BCUT2D eigenvalue weighted by Crippen LogP contribution is -2.12. The summed E-state index contributed by atoms with van der Waals surface area (Å²) in [6.45, 7) is -0.273. The fourth-order valence-corrected chi connectivity index (χ4v) is 3.42. The quantitative estimate of drug-likeness (QED) is 0.400. The summed E-state index contributed by atoms with van der Waals surface area (Å²) in [7, 11) is 0. The minimum absolute atomic E-state index is 0.0283. The maximum atomic E-state index is 11.4. The molecule has 0 aliphatic heterocycles. The van der Waals surface area contributed by atoms with Gasteiger partial charge in [-0.2, -0.15) is 9.78 Å². The number of aliphatic hydroxyl groups is 1. The second-order valence-electron chi connectivity index (χ2n) is 7.08. The van der Waals surface area contributed by atoms with Crippen LogP contribution in [0.3, 0.4) is 0 Å². The Hall–Kier alpha value is -4.82. The van der Waals surface area contributed by atoms with Gasteiger partial charge in [0.25, 0.3) is 0 Å². The number of nitrogens with two attached hydrogens (primary N) is 1. The van der Waals surface area contributed by atoms with E-state index in [1.807, 2.05) is 24.3 Å². The smallest absolute Gasteiger partial charge is 0.248 e. The average molecular weight is 441 g/mol. The molecule has 3 heterocycles. The average Bonchev–Trinajstić information content (AvgIpc) is 3.49. The first-order valence-corrected chi connectivity index (χ1v) is 9.75. The van der Waals surface area contributed by atoms with Crippen molar-refractivity contribution in [2.45, 2.75) is 13.2 Å². The van der Waals surface area contributed by atoms with E-state index in [1.54, 1.807) is 12.1 Å². The molecule has 3 N–H and O–H groups in total. The first kappa shape index (κ1) is 20.1. The first-order chi connectivity index (χ1) is 16.1. The Kier molecular flexibility index (Phi) is 4.89. The van der Waals surface area contributed by atoms with Crippen LogP contribution in [0.5, 0.6) is 5.88 Å². The number of carbonyl (C=O) groups is 1. The second-order valence-corrected chi connectivity index (χ2v) is 7.08. The lowest BCUT2D eigenvalue weighted by Gasteiger charge is -2.11. The number of primary amides is 1. The summed E-state index contributed by atoms with van der Waals surface area (Å²) in [5.41, 5.74) is 7.24. The lowest BCUT2D eigenvalue weighted by atomic mass is 10.1. The predicted octanol–water partition coefficient (Wildman–Crippen LogP) is 1.97. The Morgan fingerprint density at radius 3 is 2.73 bits per heavy atom. The van der Waals surface area contributed by atoms with Gasteiger partial charge in [-0.3, -0.25) is 4.79 Å². The fraction of sp³-hybridized carbons (Fsp3) is 0.0909. The van der Waals surface area contributed by atoms with Crippen LogP contribution < -0.4 is 10.5 Å². The fourth-order valence-electron chi connectivity index (χ4n) is 3.42. The van der Waals surface area contributed by atoms with Gasteiger partial charge in [-0.05, 0) is 18.2 Å². The zero-order chi connectivity index (χ0) is 22.9. The molecule has 11 heteroatoms. The molecule has 0 bridgehead atoms. The van der Waals surface area contributed by atoms with Crippen LogP contribution in [-0.4, -0.2) is 36.0 Å². The number of aromatic nitrogens is 5. The van der Waals surface area contributed by atoms with Crippen LogP contribution in [0.1, 0.15) is 27.2 Å². The van der Waals surface area contributed by atoms with Gasteiger partial charge in [0.05, 0.1) is 11.6 Å². The number of fused-ring (bicyclic) bond motifs is 3. The lowest BCUT2D eigenvalue weighted by molar-refractivity contribution is 0.1000. The van der Waals surface area contributed by atoms with E-state index in [0.717, 1.165) is 5.39 Å². The van der Waals surface area contributed by atoms with Crippen molar-refractivity contribution in [2.75, 3.05) is 0 Å². The Morgan fingerprint density at radius 1 is 1.18 bits per heavy atom. The molecule has 162 valence electrons. The molecular weight excluding hydrogens is 426 g/mol. The van der Waals surface area contributed by atoms with Crippen LogP contribution in [0.2, 0.25) is 0 Å². The van der Waals surface area contributed by atoms with Gasteiger partial charge >= 0.3 is 0 Å². The van der Waals surface area contributed by atoms with Crippen molar-refractivity contribution in [2.24, 2.45) is 5.73 Å². The maximum absolute atomic E-state index is 11.4. The number of nitrogens with zero attached hydrogens (tertiary/aromatic N) is 6. The molecule has 5 aromatic rings. The van der Waals surface area contributed by atoms with E-state index in [9.17, 15) is 15.2 Å². The molecule has 33 heavy (non-hydrogen) atoms. The van der Waals surface area contributed by atoms with Crippen LogP contribution in [0.15, 0.2) is 53.1 Å². The summed E-state index contributed by atoms with van der Waals surface area (Å²) >= 11 is 0. The van der Waals surface area contributed by atoms with Gasteiger partial charge in [0.15, 0.2) is 17.1 Å². The molecule has 0 fully saturated rings. The second kappa shape index (κ2) is 8.03. The van der Waals surface area contributed by atoms with E-state index < -0.39 is 5.91 Å². The van der Waals surface area contributed by atoms with Crippen LogP contribution >= 0.6 is 0 Å². The Morgan fingerprint density at radius 2 is 2.00 bits per heavy atom. The molecule has 11 nitrogen and oxygen atoms in total. The number of amides is 1. The van der Waals surface area contributed by atoms with Crippen molar-refractivity contribution in [1.82, 2.24) is 25.0 Å². The standard InChI is InChI=1S/C22H15N7O4/c23-9-14-7-12(19(24)31)5-6-13(14)11-32-22-17-4-2-1-3-16(17)20-25-26-21(29(20)27-22)18-8-15(10-30)33-28-18/h1-8,30H,10-11H2,(H2,24,31). The number of ether oxygens (including phenoxy) is 1. The molecule has 1 amide bonds. The van der Waals surface area contributed by atoms with E-state index in [-0.39, 0.29) is 36.0 Å². The van der Waals surface area contributed by atoms with E-state index in [2.05, 4.69) is 26.5 Å². The third kappa shape index (κ3) is 3.50. The molecule has 5 rings (SSSR count). The molecule has 0 aliphatic carbocycles. The SMILES string of the molecule is N#Cc1cc(C(N)=O)ccc1COc1nn2c(-c3cc(CO)on3)nnc2c2ccccc12. The van der Waals surface area contributed by atoms with Crippen molar-refractivity contribution < 1.29 is 19.2 Å². The van der Waals surface area contributed by atoms with E-state index in [0.29, 0.717) is 28.1 Å². The summed E-state index contributed by atoms with van der Waals surface area (Å²) in [5.74, 6) is 0.261. The highest BCUT2D eigenvalue weighted by Gasteiger charge is 2.19. The monoisotopic (exact) mass is 441 g/mol. The number of hydrogen-bond acceptors (Lipinski definition) is 9. The predicted molar refractivity (Wildman–Crippen MR) is 114 cm³/mol. The first-order valence-electron chi connectivity index (χ1n) is 9.75. The Bertz CT molecular complexity index is 1560. The van der Waals surface area contributed by atoms with Crippen molar-refractivity contribution in [3.8, 4) is 23.5 Å². The maximum Gasteiger partial charge on any atom is 0.248 e. The van der Waals surface area contributed by atoms with Crippen molar-refractivity contribution in [1.29, 1.82) is 5.26 Å². The molecule has 0 spiro atoms. The number of rotatable bonds is 6. The molecule has 2 aromatic carbocycles. The van der Waals surface area contributed by atoms with Gasteiger partial charge in [0.2, 0.25) is 17.6 Å². The number of hydrogen-bond donors (Lipinski definition) is 2. The summed E-state index contributed by atoms with van der Waals surface area (Å²) in [5, 5.41) is 37.1. The van der Waals surface area contributed by atoms with Crippen molar-refractivity contribution in [3.63, 3.8) is 0 Å². The van der Waals surface area contributed by atoms with Gasteiger partial charge in [0.1, 0.15) is 13.2 Å². The third-order valence-electron chi connectivity index (χ3n) is 5.05. The van der Waals surface area contributed by atoms with Crippen molar-refractivity contribution >= 4 is 22.3 Å². The molecule has 0 saturated carbocycles. The highest BCUT2D eigenvalue weighted by atomic mass is 16.5. The minimum atomic E-state index is -0.616. The minimum Gasteiger partial charge on any atom is -0.471 e. The molecule has 0 saturated heterocycles. The topological polar surface area (TPSA) is 165 Å². The molecular formula is C22H15N7O4. The van der Waals surface area contributed by atoms with Gasteiger partial charge in [-0.25, -0.2) is 0 Å². The van der Waals surface area contributed by atoms with E-state index in [4.69, 9.17) is 15.0 Å². The summed E-state index contributed by atoms with van der Waals surface area (Å²) < 4.78 is 12.5. The number of benzene rings is 2. The Balaban J connectivity index is 1.58. The van der Waals surface area contributed by atoms with Crippen LogP contribution in [0.4, 0.5) is 0 Å². The van der Waals surface area contributed by atoms with Gasteiger partial charge in [-0.15, -0.1) is 15.3 Å². The largest absolute Gasteiger partial charge is 0.471 e. The van der Waals surface area contributed by atoms with Gasteiger partial charge in [-0.1, -0.05) is 29.4 Å². The summed E-state index contributed by atoms with van der Waals surface area (Å²) in [4.78, 5) is 11.4. The molecule has 3 aromatic heterocycles. The summed E-state index contributed by atoms with van der Waals surface area (Å²) in [6, 6.07) is 15.6. The zero-order valence-electron chi connectivity index (χ0n) is 17.0. The third-order valence-corrected chi connectivity index (χ3v) is 5.05. The number of nitriles is 1. The van der Waals surface area contributed by atoms with Crippen LogP contribution in [0, 0.1) is 11.3 Å². The summed E-state index contributed by atoms with van der Waals surface area (Å²) in [6.07, 6.45) is 0. The van der Waals surface area contributed by atoms with E-state index in [1.165, 1.54) is 16.6 Å². The van der Waals surface area contributed by atoms with E-state index >= 15 is 0 Å². The van der Waals surface area contributed by atoms with Crippen LogP contribution in [0.25, 0.3) is 27.9 Å². The Labute approximate surface area is 185 Å². The van der Waals surface area contributed by atoms with Gasteiger partial charge < -0.3 is 20.1 Å². The number of carbonyl (C=O) groups excluding carboxylic acids is 1. The normalized spacial score (nSPS) is 11.0. The number of aliphatic hydroxyl groups excluding tert-OH is 1. The molecule has 0 aliphatic rings. The zero-order valence-corrected chi connectivity index (χ0v) is 17.0. The van der Waals surface area contributed by atoms with Crippen LogP contribution in [-0.2, 0) is 13.2 Å².